The van der Waals surface area contributed by atoms with Crippen LogP contribution in [0.2, 0.25) is 0 Å². The second kappa shape index (κ2) is 6.60. The van der Waals surface area contributed by atoms with Gasteiger partial charge in [-0.15, -0.1) is 0 Å². The molecule has 1 aromatic carbocycles. The molecular weight excluding hydrogens is 290 g/mol. The van der Waals surface area contributed by atoms with Crippen molar-refractivity contribution in [3.05, 3.63) is 53.7 Å². The van der Waals surface area contributed by atoms with Gasteiger partial charge in [0.05, 0.1) is 6.42 Å². The Labute approximate surface area is 135 Å². The van der Waals surface area contributed by atoms with Crippen molar-refractivity contribution in [1.82, 2.24) is 4.98 Å². The number of pyridine rings is 1. The van der Waals surface area contributed by atoms with E-state index in [1.807, 2.05) is 43.3 Å². The molecular formula is C18H19N3O2. The molecule has 2 heterocycles. The maximum absolute atomic E-state index is 12.1. The van der Waals surface area contributed by atoms with E-state index in [-0.39, 0.29) is 18.2 Å². The minimum Gasteiger partial charge on any atom is -0.312 e. The molecule has 0 aliphatic carbocycles. The standard InChI is InChI=1S/C18H19N3O2/c1-13-4-2-10-19-18(13)20-16(22)12-14-6-8-15(9-7-14)21-11-3-5-17(21)23/h2,4,6-10H,3,5,11-12H2,1H3,(H,19,20,22). The number of hydrogen-bond donors (Lipinski definition) is 1. The van der Waals surface area contributed by atoms with Crippen LogP contribution in [0.25, 0.3) is 0 Å². The Morgan fingerprint density at radius 3 is 2.70 bits per heavy atom. The highest BCUT2D eigenvalue weighted by Gasteiger charge is 2.21. The number of aryl methyl sites for hydroxylation is 1. The summed E-state index contributed by atoms with van der Waals surface area (Å²) in [4.78, 5) is 29.8. The van der Waals surface area contributed by atoms with Crippen molar-refractivity contribution in [3.63, 3.8) is 0 Å². The Bertz CT molecular complexity index is 725. The summed E-state index contributed by atoms with van der Waals surface area (Å²) < 4.78 is 0. The minimum atomic E-state index is -0.100. The summed E-state index contributed by atoms with van der Waals surface area (Å²) in [6.45, 7) is 2.68. The lowest BCUT2D eigenvalue weighted by Gasteiger charge is -2.15. The molecule has 0 spiro atoms. The van der Waals surface area contributed by atoms with Crippen molar-refractivity contribution in [1.29, 1.82) is 0 Å². The van der Waals surface area contributed by atoms with Crippen molar-refractivity contribution < 1.29 is 9.59 Å². The fraction of sp³-hybridized carbons (Fsp3) is 0.278. The molecule has 1 aliphatic heterocycles. The molecule has 0 unspecified atom stereocenters. The second-order valence-corrected chi connectivity index (χ2v) is 5.71. The van der Waals surface area contributed by atoms with Crippen LogP contribution in [0.1, 0.15) is 24.0 Å². The van der Waals surface area contributed by atoms with E-state index in [0.717, 1.165) is 29.8 Å². The molecule has 1 fully saturated rings. The van der Waals surface area contributed by atoms with Crippen molar-refractivity contribution in [3.8, 4) is 0 Å². The van der Waals surface area contributed by atoms with E-state index in [2.05, 4.69) is 10.3 Å². The minimum absolute atomic E-state index is 0.100. The summed E-state index contributed by atoms with van der Waals surface area (Å²) in [5, 5.41) is 2.82. The van der Waals surface area contributed by atoms with Crippen LogP contribution >= 0.6 is 0 Å². The summed E-state index contributed by atoms with van der Waals surface area (Å²) in [6.07, 6.45) is 3.47. The van der Waals surface area contributed by atoms with Crippen molar-refractivity contribution >= 4 is 23.3 Å². The third-order valence-electron chi connectivity index (χ3n) is 3.95. The maximum Gasteiger partial charge on any atom is 0.229 e. The topological polar surface area (TPSA) is 62.3 Å². The number of carbonyl (C=O) groups excluding carboxylic acids is 2. The monoisotopic (exact) mass is 309 g/mol. The van der Waals surface area contributed by atoms with Gasteiger partial charge in [0.2, 0.25) is 11.8 Å². The molecule has 23 heavy (non-hydrogen) atoms. The summed E-state index contributed by atoms with van der Waals surface area (Å²) in [5.41, 5.74) is 2.74. The van der Waals surface area contributed by atoms with Crippen LogP contribution in [0.5, 0.6) is 0 Å². The molecule has 0 saturated carbocycles. The molecule has 118 valence electrons. The summed E-state index contributed by atoms with van der Waals surface area (Å²) in [7, 11) is 0. The molecule has 2 aromatic rings. The van der Waals surface area contributed by atoms with Gasteiger partial charge >= 0.3 is 0 Å². The average Bonchev–Trinajstić information content (AvgIpc) is 2.96. The third-order valence-corrected chi connectivity index (χ3v) is 3.95. The lowest BCUT2D eigenvalue weighted by Crippen LogP contribution is -2.23. The average molecular weight is 309 g/mol. The zero-order chi connectivity index (χ0) is 16.2. The van der Waals surface area contributed by atoms with Crippen molar-refractivity contribution in [2.75, 3.05) is 16.8 Å². The predicted molar refractivity (Wildman–Crippen MR) is 89.3 cm³/mol. The third kappa shape index (κ3) is 3.56. The largest absolute Gasteiger partial charge is 0.312 e. The van der Waals surface area contributed by atoms with E-state index in [1.165, 1.54) is 0 Å². The highest BCUT2D eigenvalue weighted by Crippen LogP contribution is 2.21. The summed E-state index contributed by atoms with van der Waals surface area (Å²) in [5.74, 6) is 0.662. The van der Waals surface area contributed by atoms with Gasteiger partial charge in [0, 0.05) is 24.8 Å². The molecule has 2 amide bonds. The van der Waals surface area contributed by atoms with Crippen LogP contribution in [-0.2, 0) is 16.0 Å². The number of hydrogen-bond acceptors (Lipinski definition) is 3. The van der Waals surface area contributed by atoms with Gasteiger partial charge in [-0.05, 0) is 42.7 Å². The predicted octanol–water partition coefficient (Wildman–Crippen LogP) is 2.70. The highest BCUT2D eigenvalue weighted by atomic mass is 16.2. The van der Waals surface area contributed by atoms with Gasteiger partial charge in [0.15, 0.2) is 0 Å². The number of nitrogens with zero attached hydrogens (tertiary/aromatic N) is 2. The molecule has 1 saturated heterocycles. The number of carbonyl (C=O) groups is 2. The molecule has 5 heteroatoms. The number of nitrogens with one attached hydrogen (secondary N) is 1. The SMILES string of the molecule is Cc1cccnc1NC(=O)Cc1ccc(N2CCCC2=O)cc1. The van der Waals surface area contributed by atoms with Gasteiger partial charge in [-0.2, -0.15) is 0 Å². The number of rotatable bonds is 4. The van der Waals surface area contributed by atoms with E-state index < -0.39 is 0 Å². The number of anilines is 2. The van der Waals surface area contributed by atoms with Gasteiger partial charge in [0.1, 0.15) is 5.82 Å². The first kappa shape index (κ1) is 15.2. The highest BCUT2D eigenvalue weighted by molar-refractivity contribution is 5.95. The van der Waals surface area contributed by atoms with Gasteiger partial charge in [-0.3, -0.25) is 9.59 Å². The number of amides is 2. The molecule has 5 nitrogen and oxygen atoms in total. The Balaban J connectivity index is 1.63. The van der Waals surface area contributed by atoms with Crippen molar-refractivity contribution in [2.45, 2.75) is 26.2 Å². The van der Waals surface area contributed by atoms with Crippen LogP contribution in [-0.4, -0.2) is 23.3 Å². The molecule has 0 bridgehead atoms. The smallest absolute Gasteiger partial charge is 0.229 e. The van der Waals surface area contributed by atoms with Gasteiger partial charge in [0.25, 0.3) is 0 Å². The number of benzene rings is 1. The Hall–Kier alpha value is -2.69. The first-order valence-corrected chi connectivity index (χ1v) is 7.74. The molecule has 0 atom stereocenters. The summed E-state index contributed by atoms with van der Waals surface area (Å²) >= 11 is 0. The number of aromatic nitrogens is 1. The quantitative estimate of drug-likeness (QED) is 0.944. The Morgan fingerprint density at radius 2 is 2.04 bits per heavy atom. The maximum atomic E-state index is 12.1. The Morgan fingerprint density at radius 1 is 1.26 bits per heavy atom. The Kier molecular flexibility index (Phi) is 4.37. The van der Waals surface area contributed by atoms with Crippen LogP contribution in [0.15, 0.2) is 42.6 Å². The van der Waals surface area contributed by atoms with E-state index in [9.17, 15) is 9.59 Å². The van der Waals surface area contributed by atoms with Crippen LogP contribution in [0, 0.1) is 6.92 Å². The molecule has 1 N–H and O–H groups in total. The van der Waals surface area contributed by atoms with E-state index in [4.69, 9.17) is 0 Å². The fourth-order valence-electron chi connectivity index (χ4n) is 2.69. The molecule has 3 rings (SSSR count). The normalized spacial score (nSPS) is 14.1. The molecule has 0 radical (unpaired) electrons. The first-order chi connectivity index (χ1) is 11.1. The zero-order valence-corrected chi connectivity index (χ0v) is 13.1. The van der Waals surface area contributed by atoms with E-state index in [0.29, 0.717) is 12.2 Å². The van der Waals surface area contributed by atoms with Gasteiger partial charge in [-0.1, -0.05) is 18.2 Å². The van der Waals surface area contributed by atoms with Gasteiger partial charge in [-0.25, -0.2) is 4.98 Å². The first-order valence-electron chi connectivity index (χ1n) is 7.74. The van der Waals surface area contributed by atoms with Crippen LogP contribution in [0.3, 0.4) is 0 Å². The van der Waals surface area contributed by atoms with Crippen LogP contribution in [0.4, 0.5) is 11.5 Å². The zero-order valence-electron chi connectivity index (χ0n) is 13.1. The molecule has 1 aliphatic rings. The van der Waals surface area contributed by atoms with Crippen LogP contribution < -0.4 is 10.2 Å². The van der Waals surface area contributed by atoms with E-state index >= 15 is 0 Å². The lowest BCUT2D eigenvalue weighted by molar-refractivity contribution is -0.117. The second-order valence-electron chi connectivity index (χ2n) is 5.71. The fourth-order valence-corrected chi connectivity index (χ4v) is 2.69. The van der Waals surface area contributed by atoms with E-state index in [1.54, 1.807) is 11.1 Å². The molecule has 1 aromatic heterocycles. The lowest BCUT2D eigenvalue weighted by atomic mass is 10.1. The summed E-state index contributed by atoms with van der Waals surface area (Å²) in [6, 6.07) is 11.3. The van der Waals surface area contributed by atoms with Gasteiger partial charge < -0.3 is 10.2 Å². The van der Waals surface area contributed by atoms with Crippen molar-refractivity contribution in [2.24, 2.45) is 0 Å².